The molecule has 0 saturated carbocycles. The van der Waals surface area contributed by atoms with Crippen LogP contribution >= 0.6 is 23.1 Å². The van der Waals surface area contributed by atoms with Gasteiger partial charge in [-0.3, -0.25) is 14.4 Å². The number of carbonyl (C=O) groups is 5. The summed E-state index contributed by atoms with van der Waals surface area (Å²) < 4.78 is 14.5. The highest BCUT2D eigenvalue weighted by atomic mass is 32.2. The second-order valence-corrected chi connectivity index (χ2v) is 12.1. The van der Waals surface area contributed by atoms with Gasteiger partial charge in [-0.15, -0.1) is 11.8 Å². The number of fused-ring (bicyclic) bond motifs is 1. The number of thiophene rings is 1. The van der Waals surface area contributed by atoms with E-state index in [4.69, 9.17) is 14.2 Å². The van der Waals surface area contributed by atoms with E-state index in [1.54, 1.807) is 19.2 Å². The number of aliphatic hydroxyl groups is 3. The number of methoxy groups -OCH3 is 1. The molecule has 9 atom stereocenters. The summed E-state index contributed by atoms with van der Waals surface area (Å²) >= 11 is 2.21. The van der Waals surface area contributed by atoms with Gasteiger partial charge in [-0.05, 0) is 36.2 Å². The van der Waals surface area contributed by atoms with Crippen molar-refractivity contribution in [2.24, 2.45) is 0 Å². The molecule has 0 radical (unpaired) electrons. The molecule has 0 bridgehead atoms. The number of β-lactam (4-membered cyclic amide) rings is 1. The fourth-order valence-electron chi connectivity index (χ4n) is 4.80. The third-order valence-electron chi connectivity index (χ3n) is 6.79. The number of ether oxygens (including phenoxy) is 3. The van der Waals surface area contributed by atoms with Crippen LogP contribution in [0, 0.1) is 0 Å². The molecule has 0 spiro atoms. The van der Waals surface area contributed by atoms with Crippen LogP contribution in [0.4, 0.5) is 0 Å². The summed E-state index contributed by atoms with van der Waals surface area (Å²) in [5, 5.41) is 53.4. The van der Waals surface area contributed by atoms with Crippen molar-refractivity contribution in [3.05, 3.63) is 22.4 Å². The lowest BCUT2D eigenvalue weighted by atomic mass is 9.92. The summed E-state index contributed by atoms with van der Waals surface area (Å²) in [5.41, 5.74) is -1.89. The van der Waals surface area contributed by atoms with Crippen LogP contribution in [0.15, 0.2) is 16.8 Å². The van der Waals surface area contributed by atoms with E-state index in [1.807, 2.05) is 0 Å². The van der Waals surface area contributed by atoms with Gasteiger partial charge in [0, 0.05) is 11.9 Å². The van der Waals surface area contributed by atoms with Crippen LogP contribution < -0.4 is 5.32 Å². The van der Waals surface area contributed by atoms with E-state index in [1.165, 1.54) is 11.4 Å². The highest BCUT2D eigenvalue weighted by molar-refractivity contribution is 8.01. The monoisotopic (exact) mass is 590 g/mol. The first-order valence-electron chi connectivity index (χ1n) is 11.4. The number of amides is 2. The quantitative estimate of drug-likeness (QED) is 0.0823. The van der Waals surface area contributed by atoms with Crippen molar-refractivity contribution >= 4 is 52.8 Å². The SMILES string of the molecule is CO[C@@]1(NC(=O)C(C(=O)OC2OC(C(=O)O)C(O)C(O)C2O)c2ccsc2)C(=O)N2[C@@H](C(=O)O)C(C)(C)S[C@@H]21. The summed E-state index contributed by atoms with van der Waals surface area (Å²) in [4.78, 5) is 64.2. The molecular weight excluding hydrogens is 564 g/mol. The number of carboxylic acid groups (broad SMARTS) is 2. The normalized spacial score (nSPS) is 35.9. The second-order valence-electron chi connectivity index (χ2n) is 9.62. The number of hydrogen-bond donors (Lipinski definition) is 6. The minimum atomic E-state index is -2.06. The van der Waals surface area contributed by atoms with Gasteiger partial charge in [-0.2, -0.15) is 11.3 Å². The molecule has 1 aromatic rings. The zero-order chi connectivity index (χ0) is 29.0. The molecule has 3 aliphatic rings. The molecular formula is C22H26N2O13S2. The topological polar surface area (TPSA) is 229 Å². The van der Waals surface area contributed by atoms with Gasteiger partial charge in [0.2, 0.25) is 12.2 Å². The van der Waals surface area contributed by atoms with Gasteiger partial charge < -0.3 is 50.0 Å². The van der Waals surface area contributed by atoms with Crippen LogP contribution in [-0.2, 0) is 38.2 Å². The van der Waals surface area contributed by atoms with Crippen LogP contribution in [0.2, 0.25) is 0 Å². The van der Waals surface area contributed by atoms with E-state index in [9.17, 15) is 49.5 Å². The Morgan fingerprint density at radius 2 is 1.77 bits per heavy atom. The summed E-state index contributed by atoms with van der Waals surface area (Å²) in [7, 11) is 1.14. The summed E-state index contributed by atoms with van der Waals surface area (Å²) in [6.45, 7) is 3.25. The number of carbonyl (C=O) groups excluding carboxylic acids is 3. The number of rotatable bonds is 8. The molecule has 1 aromatic heterocycles. The molecule has 4 rings (SSSR count). The highest BCUT2D eigenvalue weighted by Gasteiger charge is 2.73. The van der Waals surface area contributed by atoms with Gasteiger partial charge in [0.1, 0.15) is 29.7 Å². The third-order valence-corrected chi connectivity index (χ3v) is 9.10. The lowest BCUT2D eigenvalue weighted by Gasteiger charge is -2.51. The van der Waals surface area contributed by atoms with E-state index in [-0.39, 0.29) is 5.56 Å². The molecule has 39 heavy (non-hydrogen) atoms. The van der Waals surface area contributed by atoms with Crippen molar-refractivity contribution in [1.29, 1.82) is 0 Å². The van der Waals surface area contributed by atoms with Gasteiger partial charge in [-0.1, -0.05) is 0 Å². The smallest absolute Gasteiger partial charge is 0.335 e. The standard InChI is InChI=1S/C22H26N2O13S2/c1-21(2)13(16(31)32)24-19(34)22(35-3,20(24)39-21)23-14(28)8(7-4-5-38-6-7)17(33)37-18-11(27)9(25)10(26)12(36-18)15(29)30/h4-6,8-13,18,20,25-27H,1-3H3,(H,23,28)(H,29,30)(H,31,32)/t8?,9?,10?,11?,12?,13-,18?,20+,22-/m0/s1. The molecule has 3 saturated heterocycles. The Kier molecular flexibility index (Phi) is 7.71. The lowest BCUT2D eigenvalue weighted by Crippen LogP contribution is -2.80. The largest absolute Gasteiger partial charge is 0.480 e. The first kappa shape index (κ1) is 29.2. The Balaban J connectivity index is 1.58. The zero-order valence-electron chi connectivity index (χ0n) is 20.6. The first-order chi connectivity index (χ1) is 18.2. The number of thioether (sulfide) groups is 1. The van der Waals surface area contributed by atoms with Crippen LogP contribution in [0.25, 0.3) is 0 Å². The number of esters is 1. The fraction of sp³-hybridized carbons (Fsp3) is 0.591. The van der Waals surface area contributed by atoms with Crippen molar-refractivity contribution < 1.29 is 63.7 Å². The predicted octanol–water partition coefficient (Wildman–Crippen LogP) is -2.13. The maximum absolute atomic E-state index is 13.5. The molecule has 0 aliphatic carbocycles. The summed E-state index contributed by atoms with van der Waals surface area (Å²) in [5.74, 6) is -7.96. The Bertz CT molecular complexity index is 1180. The molecule has 2 amide bonds. The molecule has 6 unspecified atom stereocenters. The molecule has 6 N–H and O–H groups in total. The molecule has 0 aromatic carbocycles. The zero-order valence-corrected chi connectivity index (χ0v) is 22.2. The fourth-order valence-corrected chi connectivity index (χ4v) is 7.16. The van der Waals surface area contributed by atoms with E-state index in [0.29, 0.717) is 0 Å². The number of aliphatic carboxylic acids is 2. The van der Waals surface area contributed by atoms with Gasteiger partial charge in [-0.25, -0.2) is 9.59 Å². The summed E-state index contributed by atoms with van der Waals surface area (Å²) in [6, 6.07) is 0.210. The highest BCUT2D eigenvalue weighted by Crippen LogP contribution is 2.55. The lowest BCUT2D eigenvalue weighted by molar-refractivity contribution is -0.286. The second kappa shape index (κ2) is 10.3. The average Bonchev–Trinajstić information content (AvgIpc) is 3.47. The van der Waals surface area contributed by atoms with E-state index in [2.05, 4.69) is 5.32 Å². The molecule has 15 nitrogen and oxygen atoms in total. The molecule has 17 heteroatoms. The number of hydrogen-bond acceptors (Lipinski definition) is 13. The van der Waals surface area contributed by atoms with Gasteiger partial charge >= 0.3 is 17.9 Å². The molecule has 3 aliphatic heterocycles. The molecule has 4 heterocycles. The van der Waals surface area contributed by atoms with E-state index < -0.39 is 88.2 Å². The van der Waals surface area contributed by atoms with Crippen molar-refractivity contribution in [2.75, 3.05) is 7.11 Å². The number of carboxylic acids is 2. The van der Waals surface area contributed by atoms with Crippen molar-refractivity contribution in [3.63, 3.8) is 0 Å². The molecule has 214 valence electrons. The van der Waals surface area contributed by atoms with Gasteiger partial charge in [0.05, 0.1) is 0 Å². The number of aliphatic hydroxyl groups excluding tert-OH is 3. The Morgan fingerprint density at radius 1 is 1.10 bits per heavy atom. The number of nitrogens with one attached hydrogen (secondary N) is 1. The predicted molar refractivity (Wildman–Crippen MR) is 129 cm³/mol. The minimum Gasteiger partial charge on any atom is -0.480 e. The average molecular weight is 591 g/mol. The van der Waals surface area contributed by atoms with E-state index >= 15 is 0 Å². The van der Waals surface area contributed by atoms with Crippen LogP contribution in [-0.4, -0.2) is 120 Å². The summed E-state index contributed by atoms with van der Waals surface area (Å²) in [6.07, 6.45) is -10.2. The Morgan fingerprint density at radius 3 is 2.31 bits per heavy atom. The minimum absolute atomic E-state index is 0.112. The van der Waals surface area contributed by atoms with Crippen LogP contribution in [0.3, 0.4) is 0 Å². The maximum atomic E-state index is 13.5. The first-order valence-corrected chi connectivity index (χ1v) is 13.3. The number of nitrogens with zero attached hydrogens (tertiary/aromatic N) is 1. The van der Waals surface area contributed by atoms with Crippen LogP contribution in [0.5, 0.6) is 0 Å². The van der Waals surface area contributed by atoms with Crippen molar-refractivity contribution in [1.82, 2.24) is 10.2 Å². The Hall–Kier alpha value is -2.80. The Labute approximate surface area is 228 Å². The van der Waals surface area contributed by atoms with Crippen molar-refractivity contribution in [2.45, 2.75) is 72.4 Å². The molecule has 3 fully saturated rings. The van der Waals surface area contributed by atoms with Crippen molar-refractivity contribution in [3.8, 4) is 0 Å². The third kappa shape index (κ3) is 4.66. The maximum Gasteiger partial charge on any atom is 0.335 e. The van der Waals surface area contributed by atoms with Gasteiger partial charge in [0.25, 0.3) is 11.6 Å². The van der Waals surface area contributed by atoms with E-state index in [0.717, 1.165) is 35.1 Å². The van der Waals surface area contributed by atoms with Gasteiger partial charge in [0.15, 0.2) is 12.0 Å². The van der Waals surface area contributed by atoms with Crippen LogP contribution in [0.1, 0.15) is 25.3 Å².